The van der Waals surface area contributed by atoms with Crippen LogP contribution in [0.1, 0.15) is 30.9 Å². The molecule has 112 valence electrons. The molecule has 21 heavy (non-hydrogen) atoms. The van der Waals surface area contributed by atoms with Crippen LogP contribution in [0.5, 0.6) is 11.5 Å². The average Bonchev–Trinajstić information content (AvgIpc) is 2.43. The summed E-state index contributed by atoms with van der Waals surface area (Å²) in [6, 6.07) is 13.6. The lowest BCUT2D eigenvalue weighted by Crippen LogP contribution is -2.09. The van der Waals surface area contributed by atoms with Crippen molar-refractivity contribution < 1.29 is 9.47 Å². The monoisotopic (exact) mass is 285 g/mol. The molecule has 2 aromatic carbocycles. The molecule has 3 nitrogen and oxygen atoms in total. The fourth-order valence-corrected chi connectivity index (χ4v) is 2.31. The SMILES string of the molecule is Cc1cc(OCCOc2cccc(N)c2)ccc1C(C)C. The van der Waals surface area contributed by atoms with Crippen molar-refractivity contribution in [2.24, 2.45) is 0 Å². The Bertz CT molecular complexity index is 594. The fourth-order valence-electron chi connectivity index (χ4n) is 2.31. The quantitative estimate of drug-likeness (QED) is 0.640. The Morgan fingerprint density at radius 3 is 2.19 bits per heavy atom. The summed E-state index contributed by atoms with van der Waals surface area (Å²) in [5.74, 6) is 2.18. The van der Waals surface area contributed by atoms with Gasteiger partial charge in [-0.1, -0.05) is 26.0 Å². The third-order valence-electron chi connectivity index (χ3n) is 3.34. The Morgan fingerprint density at radius 1 is 0.952 bits per heavy atom. The molecule has 2 N–H and O–H groups in total. The number of ether oxygens (including phenoxy) is 2. The number of hydrogen-bond acceptors (Lipinski definition) is 3. The molecule has 3 heteroatoms. The van der Waals surface area contributed by atoms with Crippen molar-refractivity contribution in [1.29, 1.82) is 0 Å². The van der Waals surface area contributed by atoms with Crippen molar-refractivity contribution in [3.05, 3.63) is 53.6 Å². The Morgan fingerprint density at radius 2 is 1.62 bits per heavy atom. The second-order valence-electron chi connectivity index (χ2n) is 5.44. The largest absolute Gasteiger partial charge is 0.490 e. The first-order valence-corrected chi connectivity index (χ1v) is 7.28. The molecule has 0 atom stereocenters. The zero-order chi connectivity index (χ0) is 15.2. The van der Waals surface area contributed by atoms with Gasteiger partial charge in [-0.15, -0.1) is 0 Å². The van der Waals surface area contributed by atoms with Gasteiger partial charge in [0.25, 0.3) is 0 Å². The summed E-state index contributed by atoms with van der Waals surface area (Å²) in [7, 11) is 0. The van der Waals surface area contributed by atoms with Crippen molar-refractivity contribution in [3.63, 3.8) is 0 Å². The maximum atomic E-state index is 5.72. The average molecular weight is 285 g/mol. The first-order chi connectivity index (χ1) is 10.1. The molecule has 0 radical (unpaired) electrons. The van der Waals surface area contributed by atoms with Gasteiger partial charge in [0.2, 0.25) is 0 Å². The maximum absolute atomic E-state index is 5.72. The summed E-state index contributed by atoms with van der Waals surface area (Å²) in [4.78, 5) is 0. The smallest absolute Gasteiger partial charge is 0.122 e. The van der Waals surface area contributed by atoms with E-state index < -0.39 is 0 Å². The normalized spacial score (nSPS) is 10.7. The number of aryl methyl sites for hydroxylation is 1. The number of rotatable bonds is 6. The molecule has 0 spiro atoms. The number of nitrogens with two attached hydrogens (primary N) is 1. The van der Waals surface area contributed by atoms with E-state index in [1.165, 1.54) is 11.1 Å². The van der Waals surface area contributed by atoms with E-state index in [1.807, 2.05) is 30.3 Å². The lowest BCUT2D eigenvalue weighted by molar-refractivity contribution is 0.217. The topological polar surface area (TPSA) is 44.5 Å². The first kappa shape index (κ1) is 15.2. The second-order valence-corrected chi connectivity index (χ2v) is 5.44. The molecule has 0 unspecified atom stereocenters. The highest BCUT2D eigenvalue weighted by molar-refractivity contribution is 5.43. The number of benzene rings is 2. The van der Waals surface area contributed by atoms with E-state index in [0.29, 0.717) is 24.8 Å². The zero-order valence-electron chi connectivity index (χ0n) is 12.9. The molecule has 0 aliphatic carbocycles. The molecule has 2 aromatic rings. The van der Waals surface area contributed by atoms with E-state index in [9.17, 15) is 0 Å². The summed E-state index contributed by atoms with van der Waals surface area (Å²) in [5, 5.41) is 0. The van der Waals surface area contributed by atoms with Crippen LogP contribution in [0.15, 0.2) is 42.5 Å². The van der Waals surface area contributed by atoms with Gasteiger partial charge < -0.3 is 15.2 Å². The fraction of sp³-hybridized carbons (Fsp3) is 0.333. The Balaban J connectivity index is 1.82. The Hall–Kier alpha value is -2.16. The lowest BCUT2D eigenvalue weighted by atomic mass is 9.98. The Kier molecular flexibility index (Phi) is 5.09. The highest BCUT2D eigenvalue weighted by Crippen LogP contribution is 2.23. The predicted molar refractivity (Wildman–Crippen MR) is 87.1 cm³/mol. The highest BCUT2D eigenvalue weighted by atomic mass is 16.5. The molecular formula is C18H23NO2. The van der Waals surface area contributed by atoms with Crippen LogP contribution in [0.2, 0.25) is 0 Å². The van der Waals surface area contributed by atoms with Crippen LogP contribution in [0.3, 0.4) is 0 Å². The lowest BCUT2D eigenvalue weighted by Gasteiger charge is -2.13. The minimum atomic E-state index is 0.494. The summed E-state index contributed by atoms with van der Waals surface area (Å²) in [5.41, 5.74) is 9.02. The molecule has 0 saturated heterocycles. The molecular weight excluding hydrogens is 262 g/mol. The number of hydrogen-bond donors (Lipinski definition) is 1. The van der Waals surface area contributed by atoms with Gasteiger partial charge in [0.05, 0.1) is 0 Å². The van der Waals surface area contributed by atoms with Crippen molar-refractivity contribution in [2.45, 2.75) is 26.7 Å². The molecule has 2 rings (SSSR count). The van der Waals surface area contributed by atoms with Crippen molar-refractivity contribution in [2.75, 3.05) is 18.9 Å². The molecule has 0 aliphatic heterocycles. The minimum Gasteiger partial charge on any atom is -0.490 e. The van der Waals surface area contributed by atoms with E-state index in [4.69, 9.17) is 15.2 Å². The number of nitrogen functional groups attached to an aromatic ring is 1. The van der Waals surface area contributed by atoms with Crippen molar-refractivity contribution in [3.8, 4) is 11.5 Å². The summed E-state index contributed by atoms with van der Waals surface area (Å²) < 4.78 is 11.3. The van der Waals surface area contributed by atoms with E-state index in [1.54, 1.807) is 0 Å². The van der Waals surface area contributed by atoms with Gasteiger partial charge in [0.15, 0.2) is 0 Å². The van der Waals surface area contributed by atoms with Crippen LogP contribution in [0, 0.1) is 6.92 Å². The Labute approximate surface area is 126 Å². The molecule has 0 fully saturated rings. The molecule has 0 aromatic heterocycles. The van der Waals surface area contributed by atoms with E-state index in [-0.39, 0.29) is 0 Å². The number of anilines is 1. The van der Waals surface area contributed by atoms with Gasteiger partial charge in [-0.05, 0) is 48.2 Å². The van der Waals surface area contributed by atoms with Crippen LogP contribution in [0.25, 0.3) is 0 Å². The second kappa shape index (κ2) is 7.02. The van der Waals surface area contributed by atoms with Crippen LogP contribution in [-0.4, -0.2) is 13.2 Å². The highest BCUT2D eigenvalue weighted by Gasteiger charge is 2.04. The first-order valence-electron chi connectivity index (χ1n) is 7.28. The van der Waals surface area contributed by atoms with Crippen LogP contribution in [0.4, 0.5) is 5.69 Å². The van der Waals surface area contributed by atoms with Gasteiger partial charge in [0.1, 0.15) is 24.7 Å². The summed E-state index contributed by atoms with van der Waals surface area (Å²) in [6.07, 6.45) is 0. The van der Waals surface area contributed by atoms with Crippen LogP contribution >= 0.6 is 0 Å². The molecule has 0 bridgehead atoms. The van der Waals surface area contributed by atoms with Crippen molar-refractivity contribution in [1.82, 2.24) is 0 Å². The van der Waals surface area contributed by atoms with Gasteiger partial charge in [-0.2, -0.15) is 0 Å². The van der Waals surface area contributed by atoms with E-state index >= 15 is 0 Å². The van der Waals surface area contributed by atoms with Gasteiger partial charge >= 0.3 is 0 Å². The summed E-state index contributed by atoms with van der Waals surface area (Å²) >= 11 is 0. The zero-order valence-corrected chi connectivity index (χ0v) is 12.9. The third kappa shape index (κ3) is 4.42. The molecule has 0 heterocycles. The van der Waals surface area contributed by atoms with Gasteiger partial charge in [-0.3, -0.25) is 0 Å². The maximum Gasteiger partial charge on any atom is 0.122 e. The van der Waals surface area contributed by atoms with Gasteiger partial charge in [-0.25, -0.2) is 0 Å². The molecule has 0 saturated carbocycles. The van der Waals surface area contributed by atoms with E-state index in [0.717, 1.165) is 11.5 Å². The third-order valence-corrected chi connectivity index (χ3v) is 3.34. The predicted octanol–water partition coefficient (Wildman–Crippen LogP) is 4.16. The van der Waals surface area contributed by atoms with E-state index in [2.05, 4.69) is 32.9 Å². The van der Waals surface area contributed by atoms with Crippen LogP contribution < -0.4 is 15.2 Å². The standard InChI is InChI=1S/C18H23NO2/c1-13(2)18-8-7-17(11-14(18)3)21-10-9-20-16-6-4-5-15(19)12-16/h4-8,11-13H,9-10,19H2,1-3H3. The van der Waals surface area contributed by atoms with Gasteiger partial charge in [0, 0.05) is 11.8 Å². The summed E-state index contributed by atoms with van der Waals surface area (Å²) in [6.45, 7) is 7.51. The molecule has 0 aliphatic rings. The minimum absolute atomic E-state index is 0.494. The van der Waals surface area contributed by atoms with Crippen LogP contribution in [-0.2, 0) is 0 Å². The molecule has 0 amide bonds. The van der Waals surface area contributed by atoms with Crippen molar-refractivity contribution >= 4 is 5.69 Å².